The van der Waals surface area contributed by atoms with E-state index in [0.717, 1.165) is 29.8 Å². The van der Waals surface area contributed by atoms with Gasteiger partial charge in [0, 0.05) is 13.0 Å². The Labute approximate surface area is 89.0 Å². The summed E-state index contributed by atoms with van der Waals surface area (Å²) >= 11 is 0. The smallest absolute Gasteiger partial charge is 0.109 e. The van der Waals surface area contributed by atoms with Gasteiger partial charge >= 0.3 is 0 Å². The summed E-state index contributed by atoms with van der Waals surface area (Å²) in [6.45, 7) is 2.82. The van der Waals surface area contributed by atoms with E-state index >= 15 is 0 Å². The van der Waals surface area contributed by atoms with E-state index in [-0.39, 0.29) is 0 Å². The molecule has 0 N–H and O–H groups in total. The van der Waals surface area contributed by atoms with E-state index in [0.29, 0.717) is 6.42 Å². The fourth-order valence-electron chi connectivity index (χ4n) is 1.81. The van der Waals surface area contributed by atoms with E-state index in [1.165, 1.54) is 0 Å². The maximum absolute atomic E-state index is 8.62. The quantitative estimate of drug-likeness (QED) is 0.762. The van der Waals surface area contributed by atoms with Crippen molar-refractivity contribution < 1.29 is 0 Å². The molecule has 0 saturated carbocycles. The molecule has 0 atom stereocenters. The monoisotopic (exact) mass is 199 g/mol. The number of fused-ring (bicyclic) bond motifs is 1. The maximum atomic E-state index is 8.62. The number of nitriles is 1. The van der Waals surface area contributed by atoms with Crippen molar-refractivity contribution in [1.82, 2.24) is 9.55 Å². The van der Waals surface area contributed by atoms with Gasteiger partial charge in [-0.25, -0.2) is 4.98 Å². The molecule has 1 aromatic carbocycles. The summed E-state index contributed by atoms with van der Waals surface area (Å²) in [5.74, 6) is 1.06. The Bertz CT molecular complexity index is 505. The van der Waals surface area contributed by atoms with Crippen LogP contribution in [-0.4, -0.2) is 9.55 Å². The fourth-order valence-corrected chi connectivity index (χ4v) is 1.81. The highest BCUT2D eigenvalue weighted by molar-refractivity contribution is 5.75. The van der Waals surface area contributed by atoms with Crippen LogP contribution < -0.4 is 0 Å². The number of hydrogen-bond donors (Lipinski definition) is 0. The van der Waals surface area contributed by atoms with E-state index in [1.54, 1.807) is 0 Å². The van der Waals surface area contributed by atoms with E-state index in [2.05, 4.69) is 28.6 Å². The summed E-state index contributed by atoms with van der Waals surface area (Å²) in [5.41, 5.74) is 2.15. The van der Waals surface area contributed by atoms with Crippen molar-refractivity contribution in [3.63, 3.8) is 0 Å². The molecule has 76 valence electrons. The number of imidazole rings is 1. The topological polar surface area (TPSA) is 41.6 Å². The minimum absolute atomic E-state index is 0.535. The first-order valence-electron chi connectivity index (χ1n) is 5.18. The summed E-state index contributed by atoms with van der Waals surface area (Å²) < 4.78 is 2.14. The van der Waals surface area contributed by atoms with Crippen LogP contribution in [0.4, 0.5) is 0 Å². The van der Waals surface area contributed by atoms with E-state index in [9.17, 15) is 0 Å². The average Bonchev–Trinajstić information content (AvgIpc) is 2.64. The van der Waals surface area contributed by atoms with Gasteiger partial charge in [0.2, 0.25) is 0 Å². The van der Waals surface area contributed by atoms with Crippen LogP contribution in [0.25, 0.3) is 11.0 Å². The number of benzene rings is 1. The second-order valence-electron chi connectivity index (χ2n) is 3.43. The molecule has 0 aliphatic heterocycles. The molecule has 15 heavy (non-hydrogen) atoms. The summed E-state index contributed by atoms with van der Waals surface area (Å²) in [4.78, 5) is 4.54. The molecule has 0 unspecified atom stereocenters. The highest BCUT2D eigenvalue weighted by Gasteiger charge is 2.07. The average molecular weight is 199 g/mol. The van der Waals surface area contributed by atoms with Crippen molar-refractivity contribution >= 4 is 11.0 Å². The number of aromatic nitrogens is 2. The summed E-state index contributed by atoms with van der Waals surface area (Å²) in [7, 11) is 0. The van der Waals surface area contributed by atoms with Crippen LogP contribution in [0.5, 0.6) is 0 Å². The molecule has 0 radical (unpaired) electrons. The molecule has 1 aromatic heterocycles. The number of rotatable bonds is 3. The van der Waals surface area contributed by atoms with Crippen molar-refractivity contribution in [3.8, 4) is 6.07 Å². The number of nitrogens with zero attached hydrogens (tertiary/aromatic N) is 3. The molecule has 0 saturated heterocycles. The van der Waals surface area contributed by atoms with Crippen LogP contribution in [0.1, 0.15) is 19.2 Å². The molecule has 1 heterocycles. The lowest BCUT2D eigenvalue weighted by molar-refractivity contribution is 0.689. The zero-order valence-corrected chi connectivity index (χ0v) is 8.77. The van der Waals surface area contributed by atoms with Crippen molar-refractivity contribution in [2.24, 2.45) is 0 Å². The first-order chi connectivity index (χ1) is 7.36. The Morgan fingerprint density at radius 2 is 2.20 bits per heavy atom. The number of aryl methyl sites for hydroxylation is 2. The summed E-state index contributed by atoms with van der Waals surface area (Å²) in [6, 6.07) is 10.2. The van der Waals surface area contributed by atoms with Crippen LogP contribution in [0, 0.1) is 11.3 Å². The molecule has 0 amide bonds. The molecule has 3 heteroatoms. The predicted octanol–water partition coefficient (Wildman–Crippen LogP) is 2.51. The van der Waals surface area contributed by atoms with Crippen LogP contribution in [0.2, 0.25) is 0 Å². The van der Waals surface area contributed by atoms with E-state index in [4.69, 9.17) is 5.26 Å². The highest BCUT2D eigenvalue weighted by Crippen LogP contribution is 2.16. The molecule has 0 spiro atoms. The molecule has 0 aliphatic carbocycles. The zero-order chi connectivity index (χ0) is 10.7. The minimum Gasteiger partial charge on any atom is -0.327 e. The van der Waals surface area contributed by atoms with Gasteiger partial charge in [0.15, 0.2) is 0 Å². The molecule has 0 bridgehead atoms. The first kappa shape index (κ1) is 9.72. The van der Waals surface area contributed by atoms with E-state index < -0.39 is 0 Å². The third-order valence-electron chi connectivity index (χ3n) is 2.50. The lowest BCUT2D eigenvalue weighted by Gasteiger charge is -2.04. The lowest BCUT2D eigenvalue weighted by atomic mass is 10.3. The highest BCUT2D eigenvalue weighted by atomic mass is 15.1. The largest absolute Gasteiger partial charge is 0.327 e. The molecule has 0 fully saturated rings. The zero-order valence-electron chi connectivity index (χ0n) is 8.77. The van der Waals surface area contributed by atoms with Gasteiger partial charge in [-0.15, -0.1) is 0 Å². The van der Waals surface area contributed by atoms with Gasteiger partial charge < -0.3 is 4.57 Å². The van der Waals surface area contributed by atoms with Gasteiger partial charge in [-0.2, -0.15) is 5.26 Å². The minimum atomic E-state index is 0.535. The Morgan fingerprint density at radius 1 is 1.40 bits per heavy atom. The third kappa shape index (κ3) is 1.71. The van der Waals surface area contributed by atoms with Gasteiger partial charge in [-0.3, -0.25) is 0 Å². The van der Waals surface area contributed by atoms with Crippen LogP contribution in [-0.2, 0) is 13.0 Å². The Balaban J connectivity index is 2.52. The number of para-hydroxylation sites is 2. The molecular weight excluding hydrogens is 186 g/mol. The second kappa shape index (κ2) is 4.14. The summed E-state index contributed by atoms with van der Waals surface area (Å²) in [6.07, 6.45) is 1.44. The Kier molecular flexibility index (Phi) is 2.68. The van der Waals surface area contributed by atoms with Crippen LogP contribution in [0.15, 0.2) is 24.3 Å². The van der Waals surface area contributed by atoms with Crippen LogP contribution >= 0.6 is 0 Å². The SMILES string of the molecule is CCc1nc2ccccc2n1CCC#N. The second-order valence-corrected chi connectivity index (χ2v) is 3.43. The maximum Gasteiger partial charge on any atom is 0.109 e. The predicted molar refractivity (Wildman–Crippen MR) is 59.3 cm³/mol. The Morgan fingerprint density at radius 3 is 2.93 bits per heavy atom. The fraction of sp³-hybridized carbons (Fsp3) is 0.333. The Hall–Kier alpha value is -1.82. The molecule has 2 aromatic rings. The van der Waals surface area contributed by atoms with Gasteiger partial charge in [-0.1, -0.05) is 19.1 Å². The first-order valence-corrected chi connectivity index (χ1v) is 5.18. The third-order valence-corrected chi connectivity index (χ3v) is 2.50. The van der Waals surface area contributed by atoms with Crippen molar-refractivity contribution in [2.45, 2.75) is 26.3 Å². The molecular formula is C12H13N3. The standard InChI is InChI=1S/C12H13N3/c1-2-12-14-10-6-3-4-7-11(10)15(12)9-5-8-13/h3-4,6-7H,2,5,9H2,1H3. The van der Waals surface area contributed by atoms with Gasteiger partial charge in [0.05, 0.1) is 23.5 Å². The lowest BCUT2D eigenvalue weighted by Crippen LogP contribution is -2.02. The molecule has 3 nitrogen and oxygen atoms in total. The van der Waals surface area contributed by atoms with E-state index in [1.807, 2.05) is 18.2 Å². The van der Waals surface area contributed by atoms with Crippen LogP contribution in [0.3, 0.4) is 0 Å². The summed E-state index contributed by atoms with van der Waals surface area (Å²) in [5, 5.41) is 8.62. The van der Waals surface area contributed by atoms with Crippen molar-refractivity contribution in [1.29, 1.82) is 5.26 Å². The molecule has 0 aliphatic rings. The van der Waals surface area contributed by atoms with Gasteiger partial charge in [-0.05, 0) is 12.1 Å². The number of hydrogen-bond acceptors (Lipinski definition) is 2. The normalized spacial score (nSPS) is 10.4. The molecule has 2 rings (SSSR count). The van der Waals surface area contributed by atoms with Crippen molar-refractivity contribution in [3.05, 3.63) is 30.1 Å². The van der Waals surface area contributed by atoms with Gasteiger partial charge in [0.1, 0.15) is 5.82 Å². The van der Waals surface area contributed by atoms with Crippen molar-refractivity contribution in [2.75, 3.05) is 0 Å². The van der Waals surface area contributed by atoms with Gasteiger partial charge in [0.25, 0.3) is 0 Å².